The van der Waals surface area contributed by atoms with E-state index in [-0.39, 0.29) is 11.1 Å². The molecule has 2 fully saturated rings. The third kappa shape index (κ3) is 3.05. The molecule has 2 rings (SSSR count). The molecule has 0 radical (unpaired) electrons. The van der Waals surface area contributed by atoms with Gasteiger partial charge in [-0.25, -0.2) is 0 Å². The zero-order chi connectivity index (χ0) is 13.2. The number of rotatable bonds is 2. The van der Waals surface area contributed by atoms with E-state index in [0.717, 1.165) is 39.1 Å². The Morgan fingerprint density at radius 3 is 2.61 bits per heavy atom. The summed E-state index contributed by atoms with van der Waals surface area (Å²) in [5.41, 5.74) is 6.29. The van der Waals surface area contributed by atoms with E-state index in [9.17, 15) is 0 Å². The highest BCUT2D eigenvalue weighted by Gasteiger charge is 2.44. The molecule has 0 aromatic rings. The van der Waals surface area contributed by atoms with Gasteiger partial charge in [-0.05, 0) is 46.7 Å². The first-order valence-electron chi connectivity index (χ1n) is 7.25. The van der Waals surface area contributed by atoms with Crippen LogP contribution in [0.1, 0.15) is 33.1 Å². The molecule has 18 heavy (non-hydrogen) atoms. The molecule has 0 saturated carbocycles. The zero-order valence-electron chi connectivity index (χ0n) is 12.2. The van der Waals surface area contributed by atoms with Crippen molar-refractivity contribution in [1.82, 2.24) is 9.80 Å². The van der Waals surface area contributed by atoms with Crippen LogP contribution in [-0.4, -0.2) is 67.3 Å². The lowest BCUT2D eigenvalue weighted by Crippen LogP contribution is -2.61. The number of hydrogen-bond donors (Lipinski definition) is 1. The van der Waals surface area contributed by atoms with Gasteiger partial charge >= 0.3 is 0 Å². The van der Waals surface area contributed by atoms with Crippen LogP contribution in [0.2, 0.25) is 0 Å². The van der Waals surface area contributed by atoms with Crippen molar-refractivity contribution in [2.45, 2.75) is 44.2 Å². The summed E-state index contributed by atoms with van der Waals surface area (Å²) in [5, 5.41) is 0. The Bertz CT molecular complexity index is 282. The summed E-state index contributed by atoms with van der Waals surface area (Å²) in [5.74, 6) is 0. The van der Waals surface area contributed by atoms with Gasteiger partial charge in [0.15, 0.2) is 0 Å². The van der Waals surface area contributed by atoms with Crippen LogP contribution >= 0.6 is 0 Å². The predicted molar refractivity (Wildman–Crippen MR) is 74.7 cm³/mol. The minimum Gasteiger partial charge on any atom is -0.375 e. The normalized spacial score (nSPS) is 35.3. The summed E-state index contributed by atoms with van der Waals surface area (Å²) in [4.78, 5) is 5.06. The second kappa shape index (κ2) is 5.45. The van der Waals surface area contributed by atoms with E-state index >= 15 is 0 Å². The average Bonchev–Trinajstić information content (AvgIpc) is 2.53. The Morgan fingerprint density at radius 1 is 1.17 bits per heavy atom. The molecule has 0 spiro atoms. The highest BCUT2D eigenvalue weighted by molar-refractivity contribution is 5.00. The molecule has 0 aliphatic carbocycles. The van der Waals surface area contributed by atoms with Crippen molar-refractivity contribution in [3.05, 3.63) is 0 Å². The molecule has 4 heteroatoms. The molecule has 1 unspecified atom stereocenters. The van der Waals surface area contributed by atoms with Crippen LogP contribution in [0.15, 0.2) is 0 Å². The third-order valence-electron chi connectivity index (χ3n) is 4.59. The van der Waals surface area contributed by atoms with Crippen molar-refractivity contribution in [3.63, 3.8) is 0 Å². The first kappa shape index (κ1) is 14.3. The molecule has 0 bridgehead atoms. The largest absolute Gasteiger partial charge is 0.375 e. The number of likely N-dealkylation sites (N-methyl/N-ethyl adjacent to an activating group) is 1. The lowest BCUT2D eigenvalue weighted by molar-refractivity contribution is -0.117. The van der Waals surface area contributed by atoms with Crippen LogP contribution in [-0.2, 0) is 4.74 Å². The van der Waals surface area contributed by atoms with Gasteiger partial charge in [-0.3, -0.25) is 4.90 Å². The second-order valence-corrected chi connectivity index (χ2v) is 6.61. The number of nitrogens with two attached hydrogens (primary N) is 1. The standard InChI is InChI=1S/C14H29N3O/c1-13(2)11-14(12-15,5-10-18-13)17-7-4-6-16(3)8-9-17/h4-12,15H2,1-3H3. The first-order chi connectivity index (χ1) is 8.47. The van der Waals surface area contributed by atoms with Crippen molar-refractivity contribution in [2.24, 2.45) is 5.73 Å². The SMILES string of the molecule is CN1CCCN(C2(CN)CCOC(C)(C)C2)CC1. The van der Waals surface area contributed by atoms with Crippen LogP contribution < -0.4 is 5.73 Å². The molecule has 2 aliphatic heterocycles. The fraction of sp³-hybridized carbons (Fsp3) is 1.00. The summed E-state index contributed by atoms with van der Waals surface area (Å²) in [6.07, 6.45) is 3.39. The van der Waals surface area contributed by atoms with Gasteiger partial charge in [-0.2, -0.15) is 0 Å². The van der Waals surface area contributed by atoms with E-state index in [2.05, 4.69) is 30.7 Å². The summed E-state index contributed by atoms with van der Waals surface area (Å²) < 4.78 is 5.87. The number of nitrogens with zero attached hydrogens (tertiary/aromatic N) is 2. The van der Waals surface area contributed by atoms with Crippen LogP contribution in [0, 0.1) is 0 Å². The Labute approximate surface area is 111 Å². The van der Waals surface area contributed by atoms with E-state index in [1.165, 1.54) is 19.5 Å². The lowest BCUT2D eigenvalue weighted by Gasteiger charge is -2.50. The van der Waals surface area contributed by atoms with Gasteiger partial charge in [0.2, 0.25) is 0 Å². The average molecular weight is 255 g/mol. The maximum atomic E-state index is 6.17. The maximum Gasteiger partial charge on any atom is 0.0644 e. The Kier molecular flexibility index (Phi) is 4.32. The second-order valence-electron chi connectivity index (χ2n) is 6.61. The van der Waals surface area contributed by atoms with Crippen molar-refractivity contribution in [1.29, 1.82) is 0 Å². The van der Waals surface area contributed by atoms with Crippen molar-refractivity contribution < 1.29 is 4.74 Å². The van der Waals surface area contributed by atoms with Gasteiger partial charge in [-0.1, -0.05) is 0 Å². The topological polar surface area (TPSA) is 41.7 Å². The lowest BCUT2D eigenvalue weighted by atomic mass is 9.79. The fourth-order valence-electron chi connectivity index (χ4n) is 3.54. The van der Waals surface area contributed by atoms with Crippen molar-refractivity contribution >= 4 is 0 Å². The fourth-order valence-corrected chi connectivity index (χ4v) is 3.54. The molecule has 0 aromatic heterocycles. The van der Waals surface area contributed by atoms with Gasteiger partial charge in [0.05, 0.1) is 5.60 Å². The molecular formula is C14H29N3O. The van der Waals surface area contributed by atoms with E-state index in [0.29, 0.717) is 0 Å². The number of hydrogen-bond acceptors (Lipinski definition) is 4. The number of ether oxygens (including phenoxy) is 1. The Balaban J connectivity index is 2.10. The van der Waals surface area contributed by atoms with Crippen LogP contribution in [0.3, 0.4) is 0 Å². The Morgan fingerprint density at radius 2 is 1.94 bits per heavy atom. The van der Waals surface area contributed by atoms with Crippen molar-refractivity contribution in [2.75, 3.05) is 46.4 Å². The Hall–Kier alpha value is -0.160. The molecule has 2 N–H and O–H groups in total. The van der Waals surface area contributed by atoms with Gasteiger partial charge in [0.1, 0.15) is 0 Å². The van der Waals surface area contributed by atoms with Crippen LogP contribution in [0.25, 0.3) is 0 Å². The van der Waals surface area contributed by atoms with E-state index in [1.54, 1.807) is 0 Å². The zero-order valence-corrected chi connectivity index (χ0v) is 12.2. The molecule has 106 valence electrons. The molecule has 2 saturated heterocycles. The highest BCUT2D eigenvalue weighted by atomic mass is 16.5. The maximum absolute atomic E-state index is 6.17. The third-order valence-corrected chi connectivity index (χ3v) is 4.59. The van der Waals surface area contributed by atoms with Gasteiger partial charge in [-0.15, -0.1) is 0 Å². The molecule has 0 amide bonds. The summed E-state index contributed by atoms with van der Waals surface area (Å²) >= 11 is 0. The summed E-state index contributed by atoms with van der Waals surface area (Å²) in [7, 11) is 2.21. The minimum atomic E-state index is -0.0319. The van der Waals surface area contributed by atoms with Gasteiger partial charge < -0.3 is 15.4 Å². The van der Waals surface area contributed by atoms with E-state index < -0.39 is 0 Å². The quantitative estimate of drug-likeness (QED) is 0.796. The first-order valence-corrected chi connectivity index (χ1v) is 7.25. The van der Waals surface area contributed by atoms with E-state index in [1.807, 2.05) is 0 Å². The summed E-state index contributed by atoms with van der Waals surface area (Å²) in [6, 6.07) is 0. The minimum absolute atomic E-state index is 0.0319. The predicted octanol–water partition coefficient (Wildman–Crippen LogP) is 0.910. The van der Waals surface area contributed by atoms with Crippen LogP contribution in [0.5, 0.6) is 0 Å². The molecular weight excluding hydrogens is 226 g/mol. The highest BCUT2D eigenvalue weighted by Crippen LogP contribution is 2.36. The van der Waals surface area contributed by atoms with Crippen LogP contribution in [0.4, 0.5) is 0 Å². The molecule has 1 atom stereocenters. The van der Waals surface area contributed by atoms with E-state index in [4.69, 9.17) is 10.5 Å². The monoisotopic (exact) mass is 255 g/mol. The van der Waals surface area contributed by atoms with Gasteiger partial charge in [0.25, 0.3) is 0 Å². The molecule has 2 heterocycles. The summed E-state index contributed by atoms with van der Waals surface area (Å²) in [6.45, 7) is 10.7. The smallest absolute Gasteiger partial charge is 0.0644 e. The van der Waals surface area contributed by atoms with Crippen molar-refractivity contribution in [3.8, 4) is 0 Å². The molecule has 0 aromatic carbocycles. The molecule has 4 nitrogen and oxygen atoms in total. The molecule has 2 aliphatic rings. The van der Waals surface area contributed by atoms with Gasteiger partial charge in [0, 0.05) is 38.3 Å².